The van der Waals surface area contributed by atoms with Crippen LogP contribution in [0.15, 0.2) is 52.0 Å². The first-order chi connectivity index (χ1) is 12.2. The summed E-state index contributed by atoms with van der Waals surface area (Å²) < 4.78 is 12.2. The van der Waals surface area contributed by atoms with Gasteiger partial charge in [0.1, 0.15) is 13.2 Å². The molecule has 1 N–H and O–H groups in total. The molecule has 7 heteroatoms. The standard InChI is InChI=1S/C18H17BrN2O3S/c19-15-6-2-1-4-14(15)11-25-12-17(22)21-20-10-13-5-3-7-16-18(13)24-9-8-23-16/h1-7,10H,8-9,11-12H2,(H,21,22). The van der Waals surface area contributed by atoms with Crippen molar-refractivity contribution in [2.75, 3.05) is 19.0 Å². The Labute approximate surface area is 158 Å². The van der Waals surface area contributed by atoms with E-state index in [2.05, 4.69) is 26.5 Å². The van der Waals surface area contributed by atoms with Gasteiger partial charge in [0, 0.05) is 15.8 Å². The maximum absolute atomic E-state index is 11.9. The van der Waals surface area contributed by atoms with Crippen molar-refractivity contribution in [3.8, 4) is 11.5 Å². The van der Waals surface area contributed by atoms with Gasteiger partial charge in [0.15, 0.2) is 11.5 Å². The van der Waals surface area contributed by atoms with Crippen molar-refractivity contribution in [3.05, 3.63) is 58.1 Å². The van der Waals surface area contributed by atoms with Gasteiger partial charge in [-0.1, -0.05) is 40.2 Å². The first-order valence-corrected chi connectivity index (χ1v) is 9.70. The van der Waals surface area contributed by atoms with Crippen molar-refractivity contribution >= 4 is 39.8 Å². The summed E-state index contributed by atoms with van der Waals surface area (Å²) in [5.41, 5.74) is 4.48. The highest BCUT2D eigenvalue weighted by atomic mass is 79.9. The summed E-state index contributed by atoms with van der Waals surface area (Å²) in [6, 6.07) is 13.6. The Bertz CT molecular complexity index is 783. The lowest BCUT2D eigenvalue weighted by Gasteiger charge is -2.19. The van der Waals surface area contributed by atoms with E-state index in [1.165, 1.54) is 11.8 Å². The maximum Gasteiger partial charge on any atom is 0.250 e. The lowest BCUT2D eigenvalue weighted by molar-refractivity contribution is -0.118. The molecule has 5 nitrogen and oxygen atoms in total. The van der Waals surface area contributed by atoms with Crippen LogP contribution in [0.1, 0.15) is 11.1 Å². The Balaban J connectivity index is 1.48. The third kappa shape index (κ3) is 4.99. The number of nitrogens with one attached hydrogen (secondary N) is 1. The molecule has 0 saturated carbocycles. The van der Waals surface area contributed by atoms with Crippen molar-refractivity contribution in [1.29, 1.82) is 0 Å². The number of amides is 1. The summed E-state index contributed by atoms with van der Waals surface area (Å²) >= 11 is 5.04. The summed E-state index contributed by atoms with van der Waals surface area (Å²) in [4.78, 5) is 11.9. The van der Waals surface area contributed by atoms with Gasteiger partial charge < -0.3 is 9.47 Å². The van der Waals surface area contributed by atoms with Crippen molar-refractivity contribution < 1.29 is 14.3 Å². The fourth-order valence-electron chi connectivity index (χ4n) is 2.27. The van der Waals surface area contributed by atoms with E-state index in [1.807, 2.05) is 42.5 Å². The van der Waals surface area contributed by atoms with Crippen LogP contribution in [0.4, 0.5) is 0 Å². The zero-order chi connectivity index (χ0) is 17.5. The van der Waals surface area contributed by atoms with Crippen LogP contribution in [0.25, 0.3) is 0 Å². The zero-order valence-electron chi connectivity index (χ0n) is 13.4. The number of thioether (sulfide) groups is 1. The first kappa shape index (κ1) is 17.8. The Morgan fingerprint density at radius 3 is 2.92 bits per heavy atom. The van der Waals surface area contributed by atoms with Crippen LogP contribution in [0.2, 0.25) is 0 Å². The molecule has 3 rings (SSSR count). The average Bonchev–Trinajstić information content (AvgIpc) is 2.63. The van der Waals surface area contributed by atoms with Gasteiger partial charge in [-0.3, -0.25) is 4.79 Å². The molecule has 0 radical (unpaired) electrons. The SMILES string of the molecule is O=C(CSCc1ccccc1Br)NN=Cc1cccc2c1OCCO2. The van der Waals surface area contributed by atoms with Gasteiger partial charge in [-0.25, -0.2) is 5.43 Å². The summed E-state index contributed by atoms with van der Waals surface area (Å²) in [5.74, 6) is 2.32. The number of para-hydroxylation sites is 1. The molecule has 0 fully saturated rings. The van der Waals surface area contributed by atoms with Crippen LogP contribution in [-0.2, 0) is 10.5 Å². The van der Waals surface area contributed by atoms with Crippen LogP contribution in [-0.4, -0.2) is 31.1 Å². The normalized spacial score (nSPS) is 13.0. The minimum absolute atomic E-state index is 0.143. The smallest absolute Gasteiger partial charge is 0.250 e. The Morgan fingerprint density at radius 1 is 1.20 bits per heavy atom. The molecule has 1 aliphatic rings. The Kier molecular flexibility index (Phi) is 6.36. The van der Waals surface area contributed by atoms with Gasteiger partial charge in [-0.05, 0) is 23.8 Å². The molecule has 1 aliphatic heterocycles. The van der Waals surface area contributed by atoms with Crippen LogP contribution in [0.3, 0.4) is 0 Å². The average molecular weight is 421 g/mol. The third-order valence-electron chi connectivity index (χ3n) is 3.44. The molecule has 2 aromatic rings. The number of carbonyl (C=O) groups excluding carboxylic acids is 1. The van der Waals surface area contributed by atoms with Crippen LogP contribution >= 0.6 is 27.7 Å². The van der Waals surface area contributed by atoms with Gasteiger partial charge in [0.05, 0.1) is 12.0 Å². The molecule has 0 unspecified atom stereocenters. The number of hydrogen-bond acceptors (Lipinski definition) is 5. The number of fused-ring (bicyclic) bond motifs is 1. The second-order valence-electron chi connectivity index (χ2n) is 5.25. The van der Waals surface area contributed by atoms with Crippen LogP contribution in [0, 0.1) is 0 Å². The number of rotatable bonds is 6. The zero-order valence-corrected chi connectivity index (χ0v) is 15.8. The van der Waals surface area contributed by atoms with E-state index in [4.69, 9.17) is 9.47 Å². The van der Waals surface area contributed by atoms with Gasteiger partial charge in [-0.2, -0.15) is 5.10 Å². The van der Waals surface area contributed by atoms with Crippen LogP contribution in [0.5, 0.6) is 11.5 Å². The molecule has 1 amide bonds. The van der Waals surface area contributed by atoms with Gasteiger partial charge in [-0.15, -0.1) is 11.8 Å². The highest BCUT2D eigenvalue weighted by Crippen LogP contribution is 2.32. The van der Waals surface area contributed by atoms with Gasteiger partial charge in [0.2, 0.25) is 5.91 Å². The van der Waals surface area contributed by atoms with E-state index in [0.717, 1.165) is 21.4 Å². The summed E-state index contributed by atoms with van der Waals surface area (Å²) in [6.45, 7) is 1.05. The molecule has 0 bridgehead atoms. The van der Waals surface area contributed by atoms with Gasteiger partial charge in [0.25, 0.3) is 0 Å². The van der Waals surface area contributed by atoms with Crippen molar-refractivity contribution in [3.63, 3.8) is 0 Å². The number of nitrogens with zero attached hydrogens (tertiary/aromatic N) is 1. The molecule has 0 atom stereocenters. The third-order valence-corrected chi connectivity index (χ3v) is 5.19. The van der Waals surface area contributed by atoms with E-state index in [-0.39, 0.29) is 5.91 Å². The lowest BCUT2D eigenvalue weighted by Crippen LogP contribution is -2.20. The van der Waals surface area contributed by atoms with E-state index in [0.29, 0.717) is 30.5 Å². The molecule has 25 heavy (non-hydrogen) atoms. The Morgan fingerprint density at radius 2 is 2.04 bits per heavy atom. The van der Waals surface area contributed by atoms with E-state index < -0.39 is 0 Å². The van der Waals surface area contributed by atoms with Crippen LogP contribution < -0.4 is 14.9 Å². The van der Waals surface area contributed by atoms with Crippen molar-refractivity contribution in [2.24, 2.45) is 5.10 Å². The first-order valence-electron chi connectivity index (χ1n) is 7.76. The number of hydrogen-bond donors (Lipinski definition) is 1. The number of hydrazone groups is 1. The molecular formula is C18H17BrN2O3S. The lowest BCUT2D eigenvalue weighted by atomic mass is 10.2. The minimum atomic E-state index is -0.143. The van der Waals surface area contributed by atoms with Crippen molar-refractivity contribution in [2.45, 2.75) is 5.75 Å². The van der Waals surface area contributed by atoms with E-state index >= 15 is 0 Å². The summed E-state index contributed by atoms with van der Waals surface area (Å²) in [7, 11) is 0. The highest BCUT2D eigenvalue weighted by Gasteiger charge is 2.14. The molecular weight excluding hydrogens is 404 g/mol. The predicted molar refractivity (Wildman–Crippen MR) is 103 cm³/mol. The van der Waals surface area contributed by atoms with E-state index in [9.17, 15) is 4.79 Å². The molecule has 0 aromatic heterocycles. The number of halogens is 1. The molecule has 1 heterocycles. The molecule has 2 aromatic carbocycles. The number of ether oxygens (including phenoxy) is 2. The number of carbonyl (C=O) groups is 1. The molecule has 0 spiro atoms. The largest absolute Gasteiger partial charge is 0.486 e. The maximum atomic E-state index is 11.9. The highest BCUT2D eigenvalue weighted by molar-refractivity contribution is 9.10. The van der Waals surface area contributed by atoms with Gasteiger partial charge >= 0.3 is 0 Å². The topological polar surface area (TPSA) is 59.9 Å². The fraction of sp³-hybridized carbons (Fsp3) is 0.222. The monoisotopic (exact) mass is 420 g/mol. The fourth-order valence-corrected chi connectivity index (χ4v) is 3.71. The quantitative estimate of drug-likeness (QED) is 0.572. The molecule has 0 saturated heterocycles. The summed E-state index contributed by atoms with van der Waals surface area (Å²) in [5, 5.41) is 4.01. The predicted octanol–water partition coefficient (Wildman–Crippen LogP) is 3.60. The number of benzene rings is 2. The second-order valence-corrected chi connectivity index (χ2v) is 7.09. The van der Waals surface area contributed by atoms with Crippen molar-refractivity contribution in [1.82, 2.24) is 5.43 Å². The molecule has 130 valence electrons. The minimum Gasteiger partial charge on any atom is -0.486 e. The van der Waals surface area contributed by atoms with E-state index in [1.54, 1.807) is 6.21 Å². The molecule has 0 aliphatic carbocycles. The second kappa shape index (κ2) is 8.92. The Hall–Kier alpha value is -1.99. The summed E-state index contributed by atoms with van der Waals surface area (Å²) in [6.07, 6.45) is 1.57.